The molecule has 0 atom stereocenters. The normalized spacial score (nSPS) is 21.3. The Bertz CT molecular complexity index is 916. The zero-order chi connectivity index (χ0) is 22.2. The lowest BCUT2D eigenvalue weighted by molar-refractivity contribution is -0.141. The van der Waals surface area contributed by atoms with Crippen molar-refractivity contribution < 1.29 is 32.2 Å². The lowest BCUT2D eigenvalue weighted by Gasteiger charge is -2.52. The number of benzene rings is 1. The number of amides is 3. The smallest absolute Gasteiger partial charge is 0.417 e. The van der Waals surface area contributed by atoms with Crippen LogP contribution in [0.5, 0.6) is 5.75 Å². The Balaban J connectivity index is 1.29. The first-order valence-corrected chi connectivity index (χ1v) is 9.90. The summed E-state index contributed by atoms with van der Waals surface area (Å²) in [5, 5.41) is 11.8. The fraction of sp³-hybridized carbons (Fsp3) is 0.550. The monoisotopic (exact) mass is 438 g/mol. The van der Waals surface area contributed by atoms with Crippen LogP contribution in [0.4, 0.5) is 18.0 Å². The maximum absolute atomic E-state index is 13.1. The molecule has 0 saturated carbocycles. The number of nitrogens with zero attached hydrogens (tertiary/aromatic N) is 3. The molecule has 1 aromatic carbocycles. The van der Waals surface area contributed by atoms with Gasteiger partial charge < -0.3 is 24.6 Å². The van der Waals surface area contributed by atoms with E-state index >= 15 is 0 Å². The summed E-state index contributed by atoms with van der Waals surface area (Å²) in [6.07, 6.45) is -4.01. The molecule has 3 saturated heterocycles. The van der Waals surface area contributed by atoms with Crippen LogP contribution in [0.2, 0.25) is 0 Å². The molecule has 31 heavy (non-hydrogen) atoms. The molecule has 3 amide bonds. The highest BCUT2D eigenvalue weighted by atomic mass is 19.4. The Morgan fingerprint density at radius 1 is 1.26 bits per heavy atom. The molecule has 0 radical (unpaired) electrons. The van der Waals surface area contributed by atoms with E-state index in [1.807, 2.05) is 0 Å². The van der Waals surface area contributed by atoms with Crippen molar-refractivity contribution >= 4 is 11.9 Å². The molecule has 0 bridgehead atoms. The summed E-state index contributed by atoms with van der Waals surface area (Å²) in [7, 11) is 0. The van der Waals surface area contributed by atoms with E-state index in [-0.39, 0.29) is 30.4 Å². The van der Waals surface area contributed by atoms with E-state index < -0.39 is 22.8 Å². The Hall–Kier alpha value is -3.00. The number of morpholine rings is 1. The van der Waals surface area contributed by atoms with Crippen LogP contribution < -0.4 is 10.1 Å². The summed E-state index contributed by atoms with van der Waals surface area (Å²) < 4.78 is 50.3. The number of carbonyl (C=O) groups is 2. The molecule has 11 heteroatoms. The molecule has 8 nitrogen and oxygen atoms in total. The quantitative estimate of drug-likeness (QED) is 0.759. The fourth-order valence-electron chi connectivity index (χ4n) is 4.18. The van der Waals surface area contributed by atoms with Crippen LogP contribution in [0, 0.1) is 11.3 Å². The van der Waals surface area contributed by atoms with Gasteiger partial charge in [0.1, 0.15) is 18.5 Å². The molecule has 1 N–H and O–H groups in total. The zero-order valence-corrected chi connectivity index (χ0v) is 16.6. The van der Waals surface area contributed by atoms with Crippen molar-refractivity contribution in [3.63, 3.8) is 0 Å². The van der Waals surface area contributed by atoms with Gasteiger partial charge in [0.15, 0.2) is 0 Å². The first-order valence-electron chi connectivity index (χ1n) is 9.90. The van der Waals surface area contributed by atoms with Gasteiger partial charge in [-0.05, 0) is 18.2 Å². The van der Waals surface area contributed by atoms with Crippen molar-refractivity contribution in [2.75, 3.05) is 39.4 Å². The number of hydrogen-bond acceptors (Lipinski definition) is 5. The summed E-state index contributed by atoms with van der Waals surface area (Å²) in [5.41, 5.74) is -1.98. The molecule has 166 valence electrons. The third-order valence-electron chi connectivity index (χ3n) is 5.71. The molecule has 1 spiro atoms. The van der Waals surface area contributed by atoms with Gasteiger partial charge in [0.2, 0.25) is 5.91 Å². The van der Waals surface area contributed by atoms with E-state index in [4.69, 9.17) is 14.7 Å². The number of urea groups is 1. The Labute approximate surface area is 176 Å². The SMILES string of the molecule is N#Cc1ccc(OC2CCN(C(=O)N3CC4(COCC(=O)N4)C3)CC2)cc1C(F)(F)F. The molecule has 0 unspecified atom stereocenters. The van der Waals surface area contributed by atoms with Crippen LogP contribution in [0.1, 0.15) is 24.0 Å². The largest absolute Gasteiger partial charge is 0.490 e. The van der Waals surface area contributed by atoms with Crippen LogP contribution in [-0.4, -0.2) is 72.8 Å². The maximum atomic E-state index is 13.1. The number of carbonyl (C=O) groups excluding carboxylic acids is 2. The third kappa shape index (κ3) is 4.39. The number of halogens is 3. The number of rotatable bonds is 2. The first kappa shape index (κ1) is 21.2. The van der Waals surface area contributed by atoms with Crippen LogP contribution >= 0.6 is 0 Å². The number of likely N-dealkylation sites (tertiary alicyclic amines) is 2. The predicted molar refractivity (Wildman–Crippen MR) is 100 cm³/mol. The number of nitrogens with one attached hydrogen (secondary N) is 1. The highest BCUT2D eigenvalue weighted by Crippen LogP contribution is 2.35. The van der Waals surface area contributed by atoms with Gasteiger partial charge >= 0.3 is 12.2 Å². The highest BCUT2D eigenvalue weighted by Gasteiger charge is 2.49. The lowest BCUT2D eigenvalue weighted by Crippen LogP contribution is -2.76. The van der Waals surface area contributed by atoms with E-state index in [0.29, 0.717) is 45.6 Å². The van der Waals surface area contributed by atoms with Gasteiger partial charge in [0.25, 0.3) is 0 Å². The van der Waals surface area contributed by atoms with Gasteiger partial charge in [-0.15, -0.1) is 0 Å². The second-order valence-electron chi connectivity index (χ2n) is 8.08. The molecule has 3 heterocycles. The minimum atomic E-state index is -4.64. The first-order chi connectivity index (χ1) is 14.7. The molecule has 3 fully saturated rings. The molecule has 4 rings (SSSR count). The van der Waals surface area contributed by atoms with Crippen molar-refractivity contribution in [3.05, 3.63) is 29.3 Å². The lowest BCUT2D eigenvalue weighted by atomic mass is 9.90. The van der Waals surface area contributed by atoms with Gasteiger partial charge in [-0.25, -0.2) is 4.79 Å². The van der Waals surface area contributed by atoms with Crippen molar-refractivity contribution in [3.8, 4) is 11.8 Å². The summed E-state index contributed by atoms with van der Waals surface area (Å²) >= 11 is 0. The van der Waals surface area contributed by atoms with Gasteiger partial charge in [-0.3, -0.25) is 4.79 Å². The molecule has 3 aliphatic heterocycles. The molecular weight excluding hydrogens is 417 g/mol. The van der Waals surface area contributed by atoms with E-state index in [2.05, 4.69) is 5.32 Å². The Morgan fingerprint density at radius 2 is 1.97 bits per heavy atom. The van der Waals surface area contributed by atoms with E-state index in [9.17, 15) is 22.8 Å². The van der Waals surface area contributed by atoms with Gasteiger partial charge in [0, 0.05) is 39.0 Å². The van der Waals surface area contributed by atoms with Crippen LogP contribution in [0.25, 0.3) is 0 Å². The number of ether oxygens (including phenoxy) is 2. The van der Waals surface area contributed by atoms with Crippen molar-refractivity contribution in [1.29, 1.82) is 5.26 Å². The fourth-order valence-corrected chi connectivity index (χ4v) is 4.18. The topological polar surface area (TPSA) is 94.9 Å². The molecule has 3 aliphatic rings. The molecule has 0 aromatic heterocycles. The number of nitriles is 1. The summed E-state index contributed by atoms with van der Waals surface area (Å²) in [5.74, 6) is -0.137. The summed E-state index contributed by atoms with van der Waals surface area (Å²) in [6, 6.07) is 4.70. The summed E-state index contributed by atoms with van der Waals surface area (Å²) in [4.78, 5) is 27.5. The van der Waals surface area contributed by atoms with E-state index in [0.717, 1.165) is 12.1 Å². The minimum Gasteiger partial charge on any atom is -0.490 e. The summed E-state index contributed by atoms with van der Waals surface area (Å²) in [6.45, 7) is 2.02. The number of alkyl halides is 3. The second kappa shape index (κ2) is 7.92. The second-order valence-corrected chi connectivity index (χ2v) is 8.08. The Morgan fingerprint density at radius 3 is 2.58 bits per heavy atom. The van der Waals surface area contributed by atoms with Crippen molar-refractivity contribution in [1.82, 2.24) is 15.1 Å². The molecule has 1 aromatic rings. The van der Waals surface area contributed by atoms with Crippen molar-refractivity contribution in [2.24, 2.45) is 0 Å². The van der Waals surface area contributed by atoms with Crippen molar-refractivity contribution in [2.45, 2.75) is 30.7 Å². The van der Waals surface area contributed by atoms with Gasteiger partial charge in [-0.1, -0.05) is 0 Å². The number of hydrogen-bond donors (Lipinski definition) is 1. The van der Waals surface area contributed by atoms with E-state index in [1.165, 1.54) is 6.07 Å². The van der Waals surface area contributed by atoms with Crippen LogP contribution in [0.3, 0.4) is 0 Å². The number of piperidine rings is 1. The van der Waals surface area contributed by atoms with Gasteiger partial charge in [-0.2, -0.15) is 18.4 Å². The average Bonchev–Trinajstić information content (AvgIpc) is 2.71. The minimum absolute atomic E-state index is 0.0346. The van der Waals surface area contributed by atoms with Gasteiger partial charge in [0.05, 0.1) is 29.3 Å². The Kier molecular flexibility index (Phi) is 5.43. The standard InChI is InChI=1S/C20H21F3N4O4/c21-20(22,23)16-7-15(2-1-13(16)8-24)31-14-3-5-26(6-4-14)18(29)27-10-19(11-27)12-30-9-17(28)25-19/h1-2,7,14H,3-6,9-12H2,(H,25,28). The molecule has 0 aliphatic carbocycles. The maximum Gasteiger partial charge on any atom is 0.417 e. The van der Waals surface area contributed by atoms with Crippen LogP contribution in [-0.2, 0) is 15.7 Å². The van der Waals surface area contributed by atoms with E-state index in [1.54, 1.807) is 15.9 Å². The predicted octanol–water partition coefficient (Wildman–Crippen LogP) is 1.74. The van der Waals surface area contributed by atoms with Crippen LogP contribution in [0.15, 0.2) is 18.2 Å². The average molecular weight is 438 g/mol. The third-order valence-corrected chi connectivity index (χ3v) is 5.71. The zero-order valence-electron chi connectivity index (χ0n) is 16.6. The highest BCUT2D eigenvalue weighted by molar-refractivity contribution is 5.81. The molecular formula is C20H21F3N4O4.